The Labute approximate surface area is 160 Å². The molecule has 31 heavy (non-hydrogen) atoms. The number of carbonyl (C=O) groups is 1. The minimum atomic E-state index is -8.54. The summed E-state index contributed by atoms with van der Waals surface area (Å²) in [6.45, 7) is -2.10. The second kappa shape index (κ2) is 8.34. The van der Waals surface area contributed by atoms with E-state index in [1.54, 1.807) is 0 Å². The van der Waals surface area contributed by atoms with Crippen molar-refractivity contribution in [3.63, 3.8) is 0 Å². The Hall–Kier alpha value is -1.69. The number of hydrogen-bond acceptors (Lipinski definition) is 2. The van der Waals surface area contributed by atoms with Crippen LogP contribution in [-0.4, -0.2) is 72.0 Å². The fourth-order valence-corrected chi connectivity index (χ4v) is 1.67. The average molecular weight is 503 g/mol. The third kappa shape index (κ3) is 4.08. The molecule has 3 nitrogen and oxygen atoms in total. The van der Waals surface area contributed by atoms with E-state index < -0.39 is 73.4 Å². The van der Waals surface area contributed by atoms with E-state index in [0.29, 0.717) is 5.32 Å². The topological polar surface area (TPSA) is 49.3 Å². The van der Waals surface area contributed by atoms with Gasteiger partial charge in [-0.3, -0.25) is 4.79 Å². The third-order valence-electron chi connectivity index (χ3n) is 3.57. The smallest absolute Gasteiger partial charge is 0.392 e. The lowest BCUT2D eigenvalue weighted by Crippen LogP contribution is -2.74. The van der Waals surface area contributed by atoms with Crippen molar-refractivity contribution in [1.82, 2.24) is 5.32 Å². The van der Waals surface area contributed by atoms with Crippen LogP contribution in [0, 0.1) is 0 Å². The maximum absolute atomic E-state index is 13.4. The largest absolute Gasteiger partial charge is 0.396 e. The van der Waals surface area contributed by atoms with E-state index in [1.807, 2.05) is 0 Å². The molecule has 0 radical (unpaired) electrons. The molecule has 0 aromatic rings. The highest BCUT2D eigenvalue weighted by atomic mass is 19.4. The van der Waals surface area contributed by atoms with Crippen LogP contribution in [0.1, 0.15) is 6.42 Å². The summed E-state index contributed by atoms with van der Waals surface area (Å²) in [6, 6.07) is 0. The second-order valence-corrected chi connectivity index (χ2v) is 5.70. The number of carbonyl (C=O) groups excluding carboxylic acids is 1. The number of rotatable bonds is 11. The molecular weight excluding hydrogens is 494 g/mol. The summed E-state index contributed by atoms with van der Waals surface area (Å²) in [7, 11) is 0. The van der Waals surface area contributed by atoms with Gasteiger partial charge in [-0.05, 0) is 6.42 Å². The first-order chi connectivity index (χ1) is 13.4. The van der Waals surface area contributed by atoms with Crippen LogP contribution in [-0.2, 0) is 4.79 Å². The molecule has 0 fully saturated rings. The first-order valence-corrected chi connectivity index (χ1v) is 7.24. The van der Waals surface area contributed by atoms with Crippen LogP contribution in [0.5, 0.6) is 0 Å². The van der Waals surface area contributed by atoms with Gasteiger partial charge in [-0.1, -0.05) is 0 Å². The van der Waals surface area contributed by atoms with Gasteiger partial charge in [0.15, 0.2) is 0 Å². The van der Waals surface area contributed by atoms with Gasteiger partial charge in [0.1, 0.15) is 0 Å². The molecule has 0 rings (SSSR count). The molecular formula is C12H9F16NO2. The minimum Gasteiger partial charge on any atom is -0.396 e. The quantitative estimate of drug-likeness (QED) is 0.328. The molecule has 186 valence electrons. The maximum Gasteiger partial charge on any atom is 0.392 e. The standard InChI is InChI=1S/C12H9F16NO2/c13-4(14)6(15,16)8(19,20)10(23,24)12(27,28)11(25,26)9(21,22)7(17,18)5(31)29-2-1-3-30/h4,30H,1-3H2,(H,29,31). The van der Waals surface area contributed by atoms with Crippen molar-refractivity contribution in [2.24, 2.45) is 0 Å². The van der Waals surface area contributed by atoms with Crippen LogP contribution in [0.4, 0.5) is 70.2 Å². The van der Waals surface area contributed by atoms with E-state index in [-0.39, 0.29) is 0 Å². The molecule has 0 saturated heterocycles. The second-order valence-electron chi connectivity index (χ2n) is 5.70. The van der Waals surface area contributed by atoms with Crippen LogP contribution >= 0.6 is 0 Å². The van der Waals surface area contributed by atoms with E-state index in [9.17, 15) is 75.0 Å². The molecule has 0 aliphatic rings. The van der Waals surface area contributed by atoms with Crippen LogP contribution < -0.4 is 5.32 Å². The molecule has 0 heterocycles. The highest BCUT2D eigenvalue weighted by Gasteiger charge is 2.94. The van der Waals surface area contributed by atoms with Crippen LogP contribution in [0.25, 0.3) is 0 Å². The number of hydrogen-bond donors (Lipinski definition) is 2. The molecule has 19 heteroatoms. The summed E-state index contributed by atoms with van der Waals surface area (Å²) in [4.78, 5) is 10.9. The Morgan fingerprint density at radius 3 is 1.39 bits per heavy atom. The zero-order chi connectivity index (χ0) is 25.5. The molecule has 0 saturated carbocycles. The zero-order valence-corrected chi connectivity index (χ0v) is 14.1. The van der Waals surface area contributed by atoms with Crippen LogP contribution in [0.2, 0.25) is 0 Å². The van der Waals surface area contributed by atoms with E-state index in [1.165, 1.54) is 0 Å². The maximum atomic E-state index is 13.4. The first-order valence-electron chi connectivity index (χ1n) is 7.24. The summed E-state index contributed by atoms with van der Waals surface area (Å²) < 4.78 is 208. The molecule has 1 amide bonds. The molecule has 0 aliphatic carbocycles. The minimum absolute atomic E-state index is 0.700. The SMILES string of the molecule is O=C(NCCCO)C(F)(F)C(F)(F)C(F)(F)C(F)(F)C(F)(F)C(F)(F)C(F)(F)C(F)F. The monoisotopic (exact) mass is 503 g/mol. The summed E-state index contributed by atoms with van der Waals surface area (Å²) >= 11 is 0. The predicted octanol–water partition coefficient (Wildman–Crippen LogP) is 4.20. The highest BCUT2D eigenvalue weighted by Crippen LogP contribution is 2.62. The normalized spacial score (nSPS) is 15.4. The Morgan fingerprint density at radius 2 is 1.03 bits per heavy atom. The van der Waals surface area contributed by atoms with E-state index in [0.717, 1.165) is 0 Å². The molecule has 0 unspecified atom stereocenters. The summed E-state index contributed by atoms with van der Waals surface area (Å²) in [6.07, 6.45) is -6.62. The Bertz CT molecular complexity index is 647. The molecule has 2 N–H and O–H groups in total. The van der Waals surface area contributed by atoms with Crippen molar-refractivity contribution in [2.45, 2.75) is 54.3 Å². The summed E-state index contributed by atoms with van der Waals surface area (Å²) in [5, 5.41) is 8.97. The van der Waals surface area contributed by atoms with Crippen LogP contribution in [0.3, 0.4) is 0 Å². The lowest BCUT2D eigenvalue weighted by atomic mass is 9.89. The van der Waals surface area contributed by atoms with Gasteiger partial charge in [0, 0.05) is 13.2 Å². The first kappa shape index (κ1) is 29.3. The number of amides is 1. The lowest BCUT2D eigenvalue weighted by Gasteiger charge is -2.42. The molecule has 0 aliphatic heterocycles. The van der Waals surface area contributed by atoms with Gasteiger partial charge in [-0.15, -0.1) is 0 Å². The zero-order valence-electron chi connectivity index (χ0n) is 14.1. The lowest BCUT2D eigenvalue weighted by molar-refractivity contribution is -0.443. The fraction of sp³-hybridized carbons (Fsp3) is 0.917. The predicted molar refractivity (Wildman–Crippen MR) is 65.3 cm³/mol. The van der Waals surface area contributed by atoms with E-state index in [2.05, 4.69) is 0 Å². The van der Waals surface area contributed by atoms with Crippen molar-refractivity contribution in [2.75, 3.05) is 13.2 Å². The fourth-order valence-electron chi connectivity index (χ4n) is 1.67. The average Bonchev–Trinajstić information content (AvgIpc) is 2.60. The molecule has 0 aromatic heterocycles. The Kier molecular flexibility index (Phi) is 7.89. The number of halogens is 16. The Balaban J connectivity index is 6.46. The van der Waals surface area contributed by atoms with Crippen molar-refractivity contribution < 1.29 is 80.1 Å². The Morgan fingerprint density at radius 1 is 0.677 bits per heavy atom. The van der Waals surface area contributed by atoms with E-state index in [4.69, 9.17) is 5.11 Å². The van der Waals surface area contributed by atoms with Gasteiger partial charge >= 0.3 is 47.9 Å². The van der Waals surface area contributed by atoms with Crippen LogP contribution in [0.15, 0.2) is 0 Å². The number of nitrogens with one attached hydrogen (secondary N) is 1. The molecule has 0 atom stereocenters. The molecule has 0 spiro atoms. The number of aliphatic hydroxyl groups is 1. The van der Waals surface area contributed by atoms with Crippen molar-refractivity contribution in [3.05, 3.63) is 0 Å². The summed E-state index contributed by atoms with van der Waals surface area (Å²) in [5.74, 6) is -59.6. The van der Waals surface area contributed by atoms with Gasteiger partial charge in [-0.2, -0.15) is 61.5 Å². The number of alkyl halides is 16. The number of aliphatic hydroxyl groups excluding tert-OH is 1. The van der Waals surface area contributed by atoms with Gasteiger partial charge in [-0.25, -0.2) is 8.78 Å². The van der Waals surface area contributed by atoms with Crippen molar-refractivity contribution in [1.29, 1.82) is 0 Å². The van der Waals surface area contributed by atoms with Crippen molar-refractivity contribution >= 4 is 5.91 Å². The van der Waals surface area contributed by atoms with Gasteiger partial charge < -0.3 is 10.4 Å². The summed E-state index contributed by atoms with van der Waals surface area (Å²) in [5.41, 5.74) is 0. The van der Waals surface area contributed by atoms with Gasteiger partial charge in [0.2, 0.25) is 0 Å². The molecule has 0 aromatic carbocycles. The van der Waals surface area contributed by atoms with Crippen molar-refractivity contribution in [3.8, 4) is 0 Å². The molecule has 0 bridgehead atoms. The van der Waals surface area contributed by atoms with Gasteiger partial charge in [0.25, 0.3) is 5.91 Å². The van der Waals surface area contributed by atoms with Gasteiger partial charge in [0.05, 0.1) is 0 Å². The third-order valence-corrected chi connectivity index (χ3v) is 3.57. The van der Waals surface area contributed by atoms with E-state index >= 15 is 0 Å². The highest BCUT2D eigenvalue weighted by molar-refractivity contribution is 5.84.